The molecule has 72 valence electrons. The van der Waals surface area contributed by atoms with Gasteiger partial charge in [-0.05, 0) is 27.7 Å². The molecule has 0 unspecified atom stereocenters. The van der Waals surface area contributed by atoms with Crippen LogP contribution in [0, 0.1) is 0 Å². The minimum atomic E-state index is -1.77. The molecule has 0 aromatic rings. The molecular formula is C7H17BO4. The number of hydrogen-bond acceptors (Lipinski definition) is 4. The van der Waals surface area contributed by atoms with Crippen LogP contribution < -0.4 is 0 Å². The van der Waals surface area contributed by atoms with Gasteiger partial charge in [-0.2, -0.15) is 0 Å². The molecule has 4 nitrogen and oxygen atoms in total. The van der Waals surface area contributed by atoms with Crippen molar-refractivity contribution < 1.29 is 19.4 Å². The second-order valence-electron chi connectivity index (χ2n) is 3.67. The average molecular weight is 176 g/mol. The van der Waals surface area contributed by atoms with Gasteiger partial charge in [-0.1, -0.05) is 0 Å². The van der Waals surface area contributed by atoms with Crippen molar-refractivity contribution in [1.29, 1.82) is 0 Å². The molecule has 12 heavy (non-hydrogen) atoms. The van der Waals surface area contributed by atoms with Crippen LogP contribution >= 0.6 is 0 Å². The second kappa shape index (κ2) is 3.74. The molecule has 0 saturated carbocycles. The fourth-order valence-corrected chi connectivity index (χ4v) is 0.651. The Balaban J connectivity index is 4.37. The van der Waals surface area contributed by atoms with Gasteiger partial charge in [-0.15, -0.1) is 0 Å². The van der Waals surface area contributed by atoms with Crippen LogP contribution in [0.5, 0.6) is 0 Å². The topological polar surface area (TPSA) is 58.9 Å². The lowest BCUT2D eigenvalue weighted by molar-refractivity contribution is -0.129. The minimum absolute atomic E-state index is 0.573. The number of methoxy groups -OCH3 is 1. The Kier molecular flexibility index (Phi) is 3.71. The molecule has 0 saturated heterocycles. The fourth-order valence-electron chi connectivity index (χ4n) is 0.651. The Morgan fingerprint density at radius 3 is 1.67 bits per heavy atom. The molecule has 0 spiro atoms. The van der Waals surface area contributed by atoms with Gasteiger partial charge in [0.05, 0.1) is 11.2 Å². The molecule has 0 aliphatic rings. The summed E-state index contributed by atoms with van der Waals surface area (Å²) in [5.74, 6) is 0. The highest BCUT2D eigenvalue weighted by Gasteiger charge is 2.40. The van der Waals surface area contributed by atoms with E-state index < -0.39 is 18.5 Å². The first kappa shape index (κ1) is 11.9. The average Bonchev–Trinajstić information content (AvgIpc) is 1.84. The van der Waals surface area contributed by atoms with Gasteiger partial charge in [0.25, 0.3) is 0 Å². The van der Waals surface area contributed by atoms with Crippen molar-refractivity contribution in [2.45, 2.75) is 38.9 Å². The van der Waals surface area contributed by atoms with E-state index >= 15 is 0 Å². The van der Waals surface area contributed by atoms with Crippen molar-refractivity contribution in [2.24, 2.45) is 0 Å². The van der Waals surface area contributed by atoms with E-state index in [1.807, 2.05) is 13.8 Å². The normalized spacial score (nSPS) is 13.2. The van der Waals surface area contributed by atoms with Crippen LogP contribution in [0.1, 0.15) is 27.7 Å². The summed E-state index contributed by atoms with van der Waals surface area (Å²) in [5, 5.41) is 17.2. The SMILES string of the molecule is COC(C)(C)C(C)(C)OB(O)O. The molecule has 0 bridgehead atoms. The lowest BCUT2D eigenvalue weighted by Gasteiger charge is -2.40. The van der Waals surface area contributed by atoms with Gasteiger partial charge in [0.2, 0.25) is 0 Å². The van der Waals surface area contributed by atoms with Gasteiger partial charge in [-0.3, -0.25) is 0 Å². The predicted molar refractivity (Wildman–Crippen MR) is 46.4 cm³/mol. The van der Waals surface area contributed by atoms with Crippen LogP contribution in [0.15, 0.2) is 0 Å². The maximum atomic E-state index is 8.62. The Morgan fingerprint density at radius 1 is 1.00 bits per heavy atom. The molecule has 0 aromatic heterocycles. The van der Waals surface area contributed by atoms with Crippen LogP contribution in [0.3, 0.4) is 0 Å². The predicted octanol–water partition coefficient (Wildman–Crippen LogP) is 0.176. The molecule has 0 radical (unpaired) electrons. The lowest BCUT2D eigenvalue weighted by atomic mass is 9.88. The first-order valence-corrected chi connectivity index (χ1v) is 3.82. The molecule has 0 amide bonds. The van der Waals surface area contributed by atoms with Crippen molar-refractivity contribution >= 4 is 7.32 Å². The van der Waals surface area contributed by atoms with Crippen LogP contribution in [-0.4, -0.2) is 35.7 Å². The second-order valence-corrected chi connectivity index (χ2v) is 3.67. The molecule has 5 heteroatoms. The van der Waals surface area contributed by atoms with Crippen molar-refractivity contribution in [3.63, 3.8) is 0 Å². The molecule has 0 fully saturated rings. The van der Waals surface area contributed by atoms with Gasteiger partial charge in [0.15, 0.2) is 0 Å². The van der Waals surface area contributed by atoms with Crippen LogP contribution in [0.25, 0.3) is 0 Å². The summed E-state index contributed by atoms with van der Waals surface area (Å²) in [6, 6.07) is 0. The standard InChI is InChI=1S/C7H17BO4/c1-6(2,11-5)7(3,4)12-8(9)10/h9-10H,1-5H3. The highest BCUT2D eigenvalue weighted by molar-refractivity contribution is 6.32. The number of rotatable bonds is 4. The van der Waals surface area contributed by atoms with Gasteiger partial charge in [0, 0.05) is 7.11 Å². The molecule has 2 N–H and O–H groups in total. The largest absolute Gasteiger partial charge is 0.634 e. The first-order valence-electron chi connectivity index (χ1n) is 3.82. The van der Waals surface area contributed by atoms with E-state index in [0.29, 0.717) is 0 Å². The highest BCUT2D eigenvalue weighted by Crippen LogP contribution is 2.28. The summed E-state index contributed by atoms with van der Waals surface area (Å²) in [5.41, 5.74) is -1.33. The van der Waals surface area contributed by atoms with Crippen LogP contribution in [0.4, 0.5) is 0 Å². The van der Waals surface area contributed by atoms with Gasteiger partial charge >= 0.3 is 7.32 Å². The summed E-state index contributed by atoms with van der Waals surface area (Å²) >= 11 is 0. The van der Waals surface area contributed by atoms with E-state index in [-0.39, 0.29) is 0 Å². The Morgan fingerprint density at radius 2 is 1.42 bits per heavy atom. The van der Waals surface area contributed by atoms with Crippen molar-refractivity contribution in [3.05, 3.63) is 0 Å². The summed E-state index contributed by atoms with van der Waals surface area (Å²) in [6.07, 6.45) is 0. The zero-order chi connectivity index (χ0) is 9.99. The van der Waals surface area contributed by atoms with E-state index in [9.17, 15) is 0 Å². The number of hydrogen-bond donors (Lipinski definition) is 2. The molecule has 0 heterocycles. The van der Waals surface area contributed by atoms with Gasteiger partial charge < -0.3 is 19.4 Å². The van der Waals surface area contributed by atoms with E-state index in [4.69, 9.17) is 19.4 Å². The van der Waals surface area contributed by atoms with Crippen LogP contribution in [0.2, 0.25) is 0 Å². The summed E-state index contributed by atoms with van der Waals surface area (Å²) in [6.45, 7) is 7.09. The fraction of sp³-hybridized carbons (Fsp3) is 1.00. The smallest absolute Gasteiger partial charge is 0.402 e. The molecule has 0 aliphatic carbocycles. The molecular weight excluding hydrogens is 159 g/mol. The quantitative estimate of drug-likeness (QED) is 0.599. The summed E-state index contributed by atoms with van der Waals surface area (Å²) in [7, 11) is -0.219. The lowest BCUT2D eigenvalue weighted by Crippen LogP contribution is -2.51. The minimum Gasteiger partial charge on any atom is -0.402 e. The maximum Gasteiger partial charge on any atom is 0.634 e. The highest BCUT2D eigenvalue weighted by atomic mass is 16.6. The third-order valence-electron chi connectivity index (χ3n) is 2.36. The summed E-state index contributed by atoms with van der Waals surface area (Å²) < 4.78 is 10.0. The van der Waals surface area contributed by atoms with Crippen molar-refractivity contribution in [1.82, 2.24) is 0 Å². The summed E-state index contributed by atoms with van der Waals surface area (Å²) in [4.78, 5) is 0. The third kappa shape index (κ3) is 2.75. The van der Waals surface area contributed by atoms with Crippen LogP contribution in [-0.2, 0) is 9.39 Å². The zero-order valence-electron chi connectivity index (χ0n) is 8.29. The molecule has 0 atom stereocenters. The van der Waals surface area contributed by atoms with E-state index in [1.165, 1.54) is 0 Å². The Hall–Kier alpha value is -0.0951. The Labute approximate surface area is 73.7 Å². The monoisotopic (exact) mass is 176 g/mol. The first-order chi connectivity index (χ1) is 5.23. The van der Waals surface area contributed by atoms with Gasteiger partial charge in [-0.25, -0.2) is 0 Å². The number of ether oxygens (including phenoxy) is 1. The third-order valence-corrected chi connectivity index (χ3v) is 2.36. The Bertz CT molecular complexity index is 144. The molecule has 0 rings (SSSR count). The van der Waals surface area contributed by atoms with E-state index in [1.54, 1.807) is 21.0 Å². The van der Waals surface area contributed by atoms with Crippen molar-refractivity contribution in [3.8, 4) is 0 Å². The van der Waals surface area contributed by atoms with Gasteiger partial charge in [0.1, 0.15) is 0 Å². The van der Waals surface area contributed by atoms with E-state index in [0.717, 1.165) is 0 Å². The van der Waals surface area contributed by atoms with E-state index in [2.05, 4.69) is 0 Å². The maximum absolute atomic E-state index is 8.62. The molecule has 0 aliphatic heterocycles. The zero-order valence-corrected chi connectivity index (χ0v) is 8.29. The van der Waals surface area contributed by atoms with Crippen molar-refractivity contribution in [2.75, 3.05) is 7.11 Å². The molecule has 0 aromatic carbocycles.